The van der Waals surface area contributed by atoms with Crippen molar-refractivity contribution < 1.29 is 9.50 Å². The topological polar surface area (TPSA) is 20.2 Å². The van der Waals surface area contributed by atoms with Crippen LogP contribution in [-0.2, 0) is 0 Å². The standard InChI is InChI=1S/C15H20BrFO/c1-2-10-6-3-4-7-11(10)15(18)12-8-5-9-13(17)14(12)16/h5,8-11,15,18H,2-4,6-7H2,1H3. The predicted octanol–water partition coefficient (Wildman–Crippen LogP) is 4.84. The molecule has 1 N–H and O–H groups in total. The van der Waals surface area contributed by atoms with E-state index in [1.165, 1.54) is 25.3 Å². The van der Waals surface area contributed by atoms with Crippen molar-refractivity contribution in [3.05, 3.63) is 34.1 Å². The van der Waals surface area contributed by atoms with Crippen molar-refractivity contribution in [3.63, 3.8) is 0 Å². The normalized spacial score (nSPS) is 26.0. The zero-order valence-corrected chi connectivity index (χ0v) is 12.3. The molecule has 0 radical (unpaired) electrons. The first kappa shape index (κ1) is 14.0. The van der Waals surface area contributed by atoms with E-state index < -0.39 is 6.10 Å². The molecule has 0 spiro atoms. The second-order valence-corrected chi connectivity index (χ2v) is 6.00. The summed E-state index contributed by atoms with van der Waals surface area (Å²) in [6.07, 6.45) is 5.19. The van der Waals surface area contributed by atoms with E-state index in [-0.39, 0.29) is 11.7 Å². The second kappa shape index (κ2) is 6.16. The summed E-state index contributed by atoms with van der Waals surface area (Å²) in [5.74, 6) is 0.529. The van der Waals surface area contributed by atoms with Crippen molar-refractivity contribution in [2.75, 3.05) is 0 Å². The van der Waals surface area contributed by atoms with Crippen LogP contribution < -0.4 is 0 Å². The average Bonchev–Trinajstić information content (AvgIpc) is 2.41. The summed E-state index contributed by atoms with van der Waals surface area (Å²) < 4.78 is 13.9. The van der Waals surface area contributed by atoms with Gasteiger partial charge in [0, 0.05) is 0 Å². The third-order valence-electron chi connectivity index (χ3n) is 4.20. The molecule has 1 nitrogen and oxygen atoms in total. The van der Waals surface area contributed by atoms with Crippen LogP contribution in [-0.4, -0.2) is 5.11 Å². The third-order valence-corrected chi connectivity index (χ3v) is 5.03. The van der Waals surface area contributed by atoms with Crippen LogP contribution in [0.15, 0.2) is 22.7 Å². The van der Waals surface area contributed by atoms with Crippen molar-refractivity contribution in [2.24, 2.45) is 11.8 Å². The van der Waals surface area contributed by atoms with Crippen molar-refractivity contribution in [2.45, 2.75) is 45.1 Å². The van der Waals surface area contributed by atoms with Gasteiger partial charge in [0.25, 0.3) is 0 Å². The van der Waals surface area contributed by atoms with Gasteiger partial charge < -0.3 is 5.11 Å². The van der Waals surface area contributed by atoms with E-state index in [9.17, 15) is 9.50 Å². The van der Waals surface area contributed by atoms with Gasteiger partial charge in [0.2, 0.25) is 0 Å². The van der Waals surface area contributed by atoms with Crippen LogP contribution in [0.4, 0.5) is 4.39 Å². The Labute approximate surface area is 117 Å². The Morgan fingerprint density at radius 2 is 2.11 bits per heavy atom. The molecule has 100 valence electrons. The number of hydrogen-bond acceptors (Lipinski definition) is 1. The van der Waals surface area contributed by atoms with Crippen LogP contribution >= 0.6 is 15.9 Å². The lowest BCUT2D eigenvalue weighted by molar-refractivity contribution is 0.0444. The molecule has 1 aliphatic carbocycles. The minimum atomic E-state index is -0.555. The van der Waals surface area contributed by atoms with E-state index in [1.54, 1.807) is 6.07 Å². The van der Waals surface area contributed by atoms with Crippen molar-refractivity contribution in [1.82, 2.24) is 0 Å². The summed E-state index contributed by atoms with van der Waals surface area (Å²) >= 11 is 3.25. The first-order chi connectivity index (χ1) is 8.65. The summed E-state index contributed by atoms with van der Waals surface area (Å²) in [4.78, 5) is 0. The molecular weight excluding hydrogens is 295 g/mol. The lowest BCUT2D eigenvalue weighted by atomic mass is 9.73. The second-order valence-electron chi connectivity index (χ2n) is 5.20. The SMILES string of the molecule is CCC1CCCCC1C(O)c1cccc(F)c1Br. The Hall–Kier alpha value is -0.410. The van der Waals surface area contributed by atoms with Gasteiger partial charge in [0.1, 0.15) is 5.82 Å². The van der Waals surface area contributed by atoms with E-state index in [4.69, 9.17) is 0 Å². The maximum atomic E-state index is 13.5. The Morgan fingerprint density at radius 3 is 2.83 bits per heavy atom. The Balaban J connectivity index is 2.23. The molecular formula is C15H20BrFO. The lowest BCUT2D eigenvalue weighted by Crippen LogP contribution is -2.25. The van der Waals surface area contributed by atoms with Crippen LogP contribution in [0.25, 0.3) is 0 Å². The highest BCUT2D eigenvalue weighted by Gasteiger charge is 2.31. The number of rotatable bonds is 3. The van der Waals surface area contributed by atoms with Gasteiger partial charge in [-0.25, -0.2) is 4.39 Å². The smallest absolute Gasteiger partial charge is 0.137 e. The van der Waals surface area contributed by atoms with Crippen LogP contribution in [0.5, 0.6) is 0 Å². The minimum absolute atomic E-state index is 0.266. The van der Waals surface area contributed by atoms with Gasteiger partial charge in [0.15, 0.2) is 0 Å². The van der Waals surface area contributed by atoms with Gasteiger partial charge in [-0.15, -0.1) is 0 Å². The molecule has 1 aromatic carbocycles. The molecule has 0 aromatic heterocycles. The molecule has 1 aromatic rings. The lowest BCUT2D eigenvalue weighted by Gasteiger charge is -2.34. The number of halogens is 2. The highest BCUT2D eigenvalue weighted by molar-refractivity contribution is 9.10. The van der Waals surface area contributed by atoms with E-state index >= 15 is 0 Å². The molecule has 0 amide bonds. The molecule has 3 unspecified atom stereocenters. The van der Waals surface area contributed by atoms with Gasteiger partial charge >= 0.3 is 0 Å². The first-order valence-corrected chi connectivity index (χ1v) is 7.56. The highest BCUT2D eigenvalue weighted by Crippen LogP contribution is 2.42. The molecule has 0 heterocycles. The Kier molecular flexibility index (Phi) is 4.79. The van der Waals surface area contributed by atoms with Gasteiger partial charge in [-0.2, -0.15) is 0 Å². The van der Waals surface area contributed by atoms with Gasteiger partial charge in [-0.05, 0) is 45.8 Å². The predicted molar refractivity (Wildman–Crippen MR) is 74.8 cm³/mol. The Morgan fingerprint density at radius 1 is 1.39 bits per heavy atom. The third kappa shape index (κ3) is 2.77. The van der Waals surface area contributed by atoms with Crippen LogP contribution in [0, 0.1) is 17.7 Å². The molecule has 2 rings (SSSR count). The number of aliphatic hydroxyl groups excluding tert-OH is 1. The molecule has 0 bridgehead atoms. The largest absolute Gasteiger partial charge is 0.388 e. The van der Waals surface area contributed by atoms with E-state index in [1.807, 2.05) is 6.07 Å². The van der Waals surface area contributed by atoms with Gasteiger partial charge in [-0.1, -0.05) is 44.7 Å². The molecule has 1 aliphatic rings. The number of benzene rings is 1. The molecule has 1 saturated carbocycles. The fourth-order valence-corrected chi connectivity index (χ4v) is 3.64. The maximum Gasteiger partial charge on any atom is 0.137 e. The summed E-state index contributed by atoms with van der Waals surface area (Å²) in [6, 6.07) is 4.90. The number of hydrogen-bond donors (Lipinski definition) is 1. The molecule has 3 heteroatoms. The highest BCUT2D eigenvalue weighted by atomic mass is 79.9. The molecule has 18 heavy (non-hydrogen) atoms. The summed E-state index contributed by atoms with van der Waals surface area (Å²) in [6.45, 7) is 2.18. The zero-order chi connectivity index (χ0) is 13.1. The van der Waals surface area contributed by atoms with Crippen LogP contribution in [0.3, 0.4) is 0 Å². The van der Waals surface area contributed by atoms with Crippen LogP contribution in [0.1, 0.15) is 50.7 Å². The molecule has 1 fully saturated rings. The Bertz CT molecular complexity index is 407. The number of aliphatic hydroxyl groups is 1. The maximum absolute atomic E-state index is 13.5. The van der Waals surface area contributed by atoms with Crippen molar-refractivity contribution >= 4 is 15.9 Å². The molecule has 3 atom stereocenters. The monoisotopic (exact) mass is 314 g/mol. The fourth-order valence-electron chi connectivity index (χ4n) is 3.14. The van der Waals surface area contributed by atoms with Gasteiger partial charge in [0.05, 0.1) is 10.6 Å². The zero-order valence-electron chi connectivity index (χ0n) is 10.7. The fraction of sp³-hybridized carbons (Fsp3) is 0.600. The van der Waals surface area contributed by atoms with E-state index in [0.717, 1.165) is 12.8 Å². The molecule has 0 aliphatic heterocycles. The molecule has 0 saturated heterocycles. The van der Waals surface area contributed by atoms with E-state index in [0.29, 0.717) is 16.0 Å². The van der Waals surface area contributed by atoms with Crippen LogP contribution in [0.2, 0.25) is 0 Å². The minimum Gasteiger partial charge on any atom is -0.388 e. The summed E-state index contributed by atoms with van der Waals surface area (Å²) in [7, 11) is 0. The quantitative estimate of drug-likeness (QED) is 0.846. The first-order valence-electron chi connectivity index (χ1n) is 6.77. The van der Waals surface area contributed by atoms with Crippen molar-refractivity contribution in [3.8, 4) is 0 Å². The van der Waals surface area contributed by atoms with Gasteiger partial charge in [-0.3, -0.25) is 0 Å². The van der Waals surface area contributed by atoms with E-state index in [2.05, 4.69) is 22.9 Å². The summed E-state index contributed by atoms with van der Waals surface area (Å²) in [5.41, 5.74) is 0.695. The van der Waals surface area contributed by atoms with Crippen molar-refractivity contribution in [1.29, 1.82) is 0 Å². The average molecular weight is 315 g/mol. The summed E-state index contributed by atoms with van der Waals surface area (Å²) in [5, 5.41) is 10.6.